The fourth-order valence-corrected chi connectivity index (χ4v) is 7.61. The number of hydrogen-bond donors (Lipinski definition) is 1. The van der Waals surface area contributed by atoms with Crippen molar-refractivity contribution < 1.29 is 0 Å². The fourth-order valence-electron chi connectivity index (χ4n) is 6.37. The molecule has 0 aliphatic heterocycles. The molecule has 3 heteroatoms. The molecule has 0 saturated heterocycles. The van der Waals surface area contributed by atoms with Gasteiger partial charge in [0.1, 0.15) is 0 Å². The van der Waals surface area contributed by atoms with Crippen LogP contribution in [0.2, 0.25) is 0 Å². The number of H-pyrrole nitrogens is 1. The number of nitrogens with zero attached hydrogens (tertiary/aromatic N) is 1. The Morgan fingerprint density at radius 2 is 1.19 bits per heavy atom. The minimum Gasteiger partial charge on any atom is -0.353 e. The highest BCUT2D eigenvalue weighted by atomic mass is 32.1. The van der Waals surface area contributed by atoms with Gasteiger partial charge < -0.3 is 9.55 Å². The lowest BCUT2D eigenvalue weighted by molar-refractivity contribution is 1.18. The summed E-state index contributed by atoms with van der Waals surface area (Å²) in [6.45, 7) is 0. The summed E-state index contributed by atoms with van der Waals surface area (Å²) >= 11 is 1.91. The molecule has 37 heavy (non-hydrogen) atoms. The third-order valence-electron chi connectivity index (χ3n) is 7.90. The van der Waals surface area contributed by atoms with Crippen molar-refractivity contribution in [3.8, 4) is 5.69 Å². The van der Waals surface area contributed by atoms with E-state index < -0.39 is 0 Å². The molecule has 172 valence electrons. The van der Waals surface area contributed by atoms with Crippen molar-refractivity contribution in [2.45, 2.75) is 0 Å². The number of benzene rings is 6. The summed E-state index contributed by atoms with van der Waals surface area (Å²) in [7, 11) is 0. The van der Waals surface area contributed by atoms with Gasteiger partial charge in [-0.25, -0.2) is 0 Å². The van der Waals surface area contributed by atoms with Crippen molar-refractivity contribution in [3.63, 3.8) is 0 Å². The van der Waals surface area contributed by atoms with Crippen LogP contribution in [0.4, 0.5) is 0 Å². The highest BCUT2D eigenvalue weighted by Crippen LogP contribution is 2.47. The van der Waals surface area contributed by atoms with E-state index in [0.717, 1.165) is 0 Å². The second-order valence-electron chi connectivity index (χ2n) is 9.83. The topological polar surface area (TPSA) is 20.7 Å². The molecule has 0 radical (unpaired) electrons. The van der Waals surface area contributed by atoms with Gasteiger partial charge in [0.25, 0.3) is 0 Å². The van der Waals surface area contributed by atoms with Crippen LogP contribution in [0.5, 0.6) is 0 Å². The highest BCUT2D eigenvalue weighted by molar-refractivity contribution is 7.27. The van der Waals surface area contributed by atoms with Crippen molar-refractivity contribution in [2.24, 2.45) is 0 Å². The van der Waals surface area contributed by atoms with Crippen LogP contribution >= 0.6 is 11.3 Å². The average molecular weight is 489 g/mol. The predicted molar refractivity (Wildman–Crippen MR) is 161 cm³/mol. The maximum absolute atomic E-state index is 3.78. The Bertz CT molecular complexity index is 2350. The first-order valence-electron chi connectivity index (χ1n) is 12.6. The zero-order valence-corrected chi connectivity index (χ0v) is 20.6. The molecular weight excluding hydrogens is 468 g/mol. The van der Waals surface area contributed by atoms with E-state index in [-0.39, 0.29) is 0 Å². The number of para-hydroxylation sites is 3. The maximum atomic E-state index is 3.78. The van der Waals surface area contributed by atoms with Crippen molar-refractivity contribution in [1.82, 2.24) is 9.55 Å². The van der Waals surface area contributed by atoms with E-state index >= 15 is 0 Å². The van der Waals surface area contributed by atoms with Gasteiger partial charge in [-0.15, -0.1) is 11.3 Å². The third kappa shape index (κ3) is 2.49. The van der Waals surface area contributed by atoms with Crippen LogP contribution in [-0.2, 0) is 0 Å². The van der Waals surface area contributed by atoms with E-state index in [1.165, 1.54) is 80.2 Å². The number of aromatic nitrogens is 2. The predicted octanol–water partition coefficient (Wildman–Crippen LogP) is 9.94. The van der Waals surface area contributed by atoms with E-state index in [4.69, 9.17) is 0 Å². The lowest BCUT2D eigenvalue weighted by atomic mass is 9.98. The first-order valence-corrected chi connectivity index (χ1v) is 13.4. The Morgan fingerprint density at radius 3 is 2.03 bits per heavy atom. The van der Waals surface area contributed by atoms with Gasteiger partial charge in [0.15, 0.2) is 0 Å². The van der Waals surface area contributed by atoms with E-state index in [0.29, 0.717) is 0 Å². The van der Waals surface area contributed by atoms with E-state index in [1.807, 2.05) is 11.3 Å². The number of thiophene rings is 1. The molecule has 0 unspecified atom stereocenters. The molecule has 2 nitrogen and oxygen atoms in total. The van der Waals surface area contributed by atoms with Gasteiger partial charge >= 0.3 is 0 Å². The molecule has 0 aliphatic carbocycles. The van der Waals surface area contributed by atoms with Crippen LogP contribution in [0.3, 0.4) is 0 Å². The van der Waals surface area contributed by atoms with Gasteiger partial charge in [0, 0.05) is 48.2 Å². The number of hydrogen-bond acceptors (Lipinski definition) is 1. The largest absolute Gasteiger partial charge is 0.353 e. The van der Waals surface area contributed by atoms with Gasteiger partial charge in [-0.2, -0.15) is 0 Å². The molecule has 6 aromatic carbocycles. The van der Waals surface area contributed by atoms with E-state index in [9.17, 15) is 0 Å². The minimum atomic E-state index is 1.19. The molecule has 0 fully saturated rings. The Balaban J connectivity index is 1.53. The van der Waals surface area contributed by atoms with E-state index in [2.05, 4.69) is 125 Å². The first kappa shape index (κ1) is 19.6. The van der Waals surface area contributed by atoms with Crippen LogP contribution in [0.25, 0.3) is 80.2 Å². The number of fused-ring (bicyclic) bond motifs is 13. The molecule has 1 N–H and O–H groups in total. The smallest absolute Gasteiger partial charge is 0.0653 e. The summed E-state index contributed by atoms with van der Waals surface area (Å²) in [5, 5.41) is 10.5. The van der Waals surface area contributed by atoms with Crippen LogP contribution in [-0.4, -0.2) is 9.55 Å². The summed E-state index contributed by atoms with van der Waals surface area (Å²) in [5.74, 6) is 0. The fraction of sp³-hybridized carbons (Fsp3) is 0. The van der Waals surface area contributed by atoms with Gasteiger partial charge in [-0.1, -0.05) is 78.9 Å². The molecule has 0 spiro atoms. The van der Waals surface area contributed by atoms with Crippen LogP contribution < -0.4 is 0 Å². The molecule has 0 aliphatic rings. The number of rotatable bonds is 1. The van der Waals surface area contributed by atoms with Gasteiger partial charge in [0.05, 0.1) is 21.3 Å². The maximum Gasteiger partial charge on any atom is 0.0653 e. The molecule has 0 bridgehead atoms. The Hall–Kier alpha value is -4.60. The molecule has 3 aromatic heterocycles. The van der Waals surface area contributed by atoms with Crippen molar-refractivity contribution in [1.29, 1.82) is 0 Å². The molecule has 0 amide bonds. The zero-order valence-electron chi connectivity index (χ0n) is 19.8. The normalized spacial score (nSPS) is 12.3. The standard InChI is InChI=1S/C34H20N2S/c1-2-10-20(11-3-1)36-28-17-9-7-12-21(28)25-18-26-30(19-29(25)36)37-34-32(26)23-14-5-4-13-22(23)31-24-15-6-8-16-27(24)35-33(31)34/h1-19,35H. The van der Waals surface area contributed by atoms with Crippen LogP contribution in [0.1, 0.15) is 0 Å². The highest BCUT2D eigenvalue weighted by Gasteiger charge is 2.20. The summed E-state index contributed by atoms with van der Waals surface area (Å²) < 4.78 is 5.06. The number of aromatic amines is 1. The molecule has 0 atom stereocenters. The lowest BCUT2D eigenvalue weighted by Crippen LogP contribution is -1.92. The summed E-state index contributed by atoms with van der Waals surface area (Å²) in [5.41, 5.74) is 6.13. The molecule has 9 aromatic rings. The molecule has 0 saturated carbocycles. The summed E-state index contributed by atoms with van der Waals surface area (Å²) in [6.07, 6.45) is 0. The van der Waals surface area contributed by atoms with Gasteiger partial charge in [-0.3, -0.25) is 0 Å². The Kier molecular flexibility index (Phi) is 3.70. The average Bonchev–Trinajstić information content (AvgIpc) is 3.62. The Labute approximate surface area is 216 Å². The van der Waals surface area contributed by atoms with Crippen LogP contribution in [0, 0.1) is 0 Å². The number of nitrogens with one attached hydrogen (secondary N) is 1. The van der Waals surface area contributed by atoms with Gasteiger partial charge in [-0.05, 0) is 47.2 Å². The minimum absolute atomic E-state index is 1.19. The second kappa shape index (κ2) is 7.00. The van der Waals surface area contributed by atoms with Crippen molar-refractivity contribution in [2.75, 3.05) is 0 Å². The van der Waals surface area contributed by atoms with E-state index in [1.54, 1.807) is 0 Å². The quantitative estimate of drug-likeness (QED) is 0.237. The van der Waals surface area contributed by atoms with Crippen LogP contribution in [0.15, 0.2) is 115 Å². The SMILES string of the molecule is c1ccc(-n2c3ccccc3c3cc4c(cc32)sc2c3[nH]c5ccccc5c3c3ccccc3c42)cc1. The second-order valence-corrected chi connectivity index (χ2v) is 10.9. The molecule has 3 heterocycles. The first-order chi connectivity index (χ1) is 18.4. The summed E-state index contributed by atoms with van der Waals surface area (Å²) in [6, 6.07) is 41.9. The third-order valence-corrected chi connectivity index (χ3v) is 9.07. The Morgan fingerprint density at radius 1 is 0.514 bits per heavy atom. The van der Waals surface area contributed by atoms with Gasteiger partial charge in [0.2, 0.25) is 0 Å². The zero-order chi connectivity index (χ0) is 24.1. The van der Waals surface area contributed by atoms with Crippen molar-refractivity contribution in [3.05, 3.63) is 115 Å². The van der Waals surface area contributed by atoms with Crippen molar-refractivity contribution >= 4 is 85.9 Å². The molecular formula is C34H20N2S. The monoisotopic (exact) mass is 488 g/mol. The lowest BCUT2D eigenvalue weighted by Gasteiger charge is -2.07. The molecule has 9 rings (SSSR count). The summed E-state index contributed by atoms with van der Waals surface area (Å²) in [4.78, 5) is 3.78.